The van der Waals surface area contributed by atoms with Gasteiger partial charge in [-0.15, -0.1) is 0 Å². The molecular weight excluding hydrogens is 312 g/mol. The van der Waals surface area contributed by atoms with Gasteiger partial charge in [0.1, 0.15) is 0 Å². The Labute approximate surface area is 149 Å². The van der Waals surface area contributed by atoms with Crippen molar-refractivity contribution in [1.29, 1.82) is 0 Å². The average Bonchev–Trinajstić information content (AvgIpc) is 2.64. The first-order valence-electron chi connectivity index (χ1n) is 9.05. The highest BCUT2D eigenvalue weighted by Crippen LogP contribution is 2.23. The van der Waals surface area contributed by atoms with Gasteiger partial charge in [-0.25, -0.2) is 9.97 Å². The molecule has 1 saturated heterocycles. The van der Waals surface area contributed by atoms with E-state index in [9.17, 15) is 4.79 Å². The second-order valence-corrected chi connectivity index (χ2v) is 6.80. The SMILES string of the molecule is CCC1CCCCN1c1ncc(C(=O)Nc2cc(C)ccc2C)cn1. The molecule has 1 aliphatic rings. The zero-order valence-electron chi connectivity index (χ0n) is 15.2. The molecule has 1 unspecified atom stereocenters. The van der Waals surface area contributed by atoms with Crippen LogP contribution in [0.5, 0.6) is 0 Å². The van der Waals surface area contributed by atoms with E-state index in [1.165, 1.54) is 19.3 Å². The third kappa shape index (κ3) is 3.98. The van der Waals surface area contributed by atoms with Crippen molar-refractivity contribution < 1.29 is 4.79 Å². The molecule has 0 spiro atoms. The minimum atomic E-state index is -0.175. The third-order valence-corrected chi connectivity index (χ3v) is 4.90. The number of hydrogen-bond acceptors (Lipinski definition) is 4. The number of rotatable bonds is 4. The summed E-state index contributed by atoms with van der Waals surface area (Å²) in [6, 6.07) is 6.52. The Morgan fingerprint density at radius 2 is 2.00 bits per heavy atom. The number of amides is 1. The first kappa shape index (κ1) is 17.4. The minimum Gasteiger partial charge on any atom is -0.338 e. The molecule has 132 valence electrons. The molecule has 1 N–H and O–H groups in total. The summed E-state index contributed by atoms with van der Waals surface area (Å²) in [5, 5.41) is 2.95. The fourth-order valence-corrected chi connectivity index (χ4v) is 3.34. The second-order valence-electron chi connectivity index (χ2n) is 6.80. The van der Waals surface area contributed by atoms with E-state index in [4.69, 9.17) is 0 Å². The first-order chi connectivity index (χ1) is 12.1. The lowest BCUT2D eigenvalue weighted by atomic mass is 10.0. The van der Waals surface area contributed by atoms with Crippen molar-refractivity contribution in [3.8, 4) is 0 Å². The van der Waals surface area contributed by atoms with Crippen molar-refractivity contribution in [2.75, 3.05) is 16.8 Å². The van der Waals surface area contributed by atoms with Gasteiger partial charge in [-0.1, -0.05) is 19.1 Å². The molecule has 1 aliphatic heterocycles. The predicted octanol–water partition coefficient (Wildman–Crippen LogP) is 4.11. The van der Waals surface area contributed by atoms with Crippen molar-refractivity contribution in [2.24, 2.45) is 0 Å². The zero-order chi connectivity index (χ0) is 17.8. The Morgan fingerprint density at radius 3 is 2.72 bits per heavy atom. The number of hydrogen-bond donors (Lipinski definition) is 1. The fourth-order valence-electron chi connectivity index (χ4n) is 3.34. The quantitative estimate of drug-likeness (QED) is 0.911. The summed E-state index contributed by atoms with van der Waals surface area (Å²) >= 11 is 0. The van der Waals surface area contributed by atoms with Gasteiger partial charge in [0, 0.05) is 30.7 Å². The molecule has 1 aromatic carbocycles. The summed E-state index contributed by atoms with van der Waals surface area (Å²) in [7, 11) is 0. The van der Waals surface area contributed by atoms with E-state index in [2.05, 4.69) is 27.1 Å². The second kappa shape index (κ2) is 7.64. The molecule has 2 heterocycles. The largest absolute Gasteiger partial charge is 0.338 e. The third-order valence-electron chi connectivity index (χ3n) is 4.90. The van der Waals surface area contributed by atoms with Gasteiger partial charge in [0.05, 0.1) is 5.56 Å². The van der Waals surface area contributed by atoms with E-state index in [0.29, 0.717) is 11.6 Å². The van der Waals surface area contributed by atoms with E-state index in [1.807, 2.05) is 32.0 Å². The number of piperidine rings is 1. The number of nitrogens with zero attached hydrogens (tertiary/aromatic N) is 3. The fraction of sp³-hybridized carbons (Fsp3) is 0.450. The molecule has 2 aromatic rings. The van der Waals surface area contributed by atoms with Crippen LogP contribution in [-0.2, 0) is 0 Å². The van der Waals surface area contributed by atoms with Gasteiger partial charge in [0.2, 0.25) is 5.95 Å². The van der Waals surface area contributed by atoms with Gasteiger partial charge in [-0.3, -0.25) is 4.79 Å². The monoisotopic (exact) mass is 338 g/mol. The number of anilines is 2. The molecule has 5 nitrogen and oxygen atoms in total. The first-order valence-corrected chi connectivity index (χ1v) is 9.05. The van der Waals surface area contributed by atoms with Gasteiger partial charge < -0.3 is 10.2 Å². The molecule has 0 bridgehead atoms. The maximum absolute atomic E-state index is 12.5. The molecule has 1 atom stereocenters. The highest BCUT2D eigenvalue weighted by molar-refractivity contribution is 6.04. The number of carbonyl (C=O) groups is 1. The number of aromatic nitrogens is 2. The smallest absolute Gasteiger partial charge is 0.258 e. The minimum absolute atomic E-state index is 0.175. The summed E-state index contributed by atoms with van der Waals surface area (Å²) in [6.45, 7) is 7.19. The summed E-state index contributed by atoms with van der Waals surface area (Å²) in [6.07, 6.45) is 7.99. The standard InChI is InChI=1S/C20H26N4O/c1-4-17-7-5-6-10-24(17)20-21-12-16(13-22-20)19(25)23-18-11-14(2)8-9-15(18)3/h8-9,11-13,17H,4-7,10H2,1-3H3,(H,23,25). The Kier molecular flexibility index (Phi) is 5.31. The number of aryl methyl sites for hydroxylation is 2. The van der Waals surface area contributed by atoms with Crippen molar-refractivity contribution in [1.82, 2.24) is 9.97 Å². The highest BCUT2D eigenvalue weighted by Gasteiger charge is 2.23. The molecule has 1 fully saturated rings. The van der Waals surface area contributed by atoms with Gasteiger partial charge >= 0.3 is 0 Å². The van der Waals surface area contributed by atoms with Gasteiger partial charge in [-0.05, 0) is 56.7 Å². The maximum atomic E-state index is 12.5. The van der Waals surface area contributed by atoms with E-state index >= 15 is 0 Å². The molecule has 5 heteroatoms. The summed E-state index contributed by atoms with van der Waals surface area (Å²) in [4.78, 5) is 23.7. The van der Waals surface area contributed by atoms with Crippen molar-refractivity contribution in [3.63, 3.8) is 0 Å². The van der Waals surface area contributed by atoms with Crippen LogP contribution in [-0.4, -0.2) is 28.5 Å². The van der Waals surface area contributed by atoms with Crippen LogP contribution in [0, 0.1) is 13.8 Å². The molecule has 3 rings (SSSR count). The normalized spacial score (nSPS) is 17.4. The lowest BCUT2D eigenvalue weighted by Crippen LogP contribution is -2.40. The lowest BCUT2D eigenvalue weighted by Gasteiger charge is -2.35. The number of carbonyl (C=O) groups excluding carboxylic acids is 1. The molecular formula is C20H26N4O. The topological polar surface area (TPSA) is 58.1 Å². The van der Waals surface area contributed by atoms with Crippen molar-refractivity contribution in [2.45, 2.75) is 52.5 Å². The van der Waals surface area contributed by atoms with Crippen molar-refractivity contribution in [3.05, 3.63) is 47.3 Å². The Bertz CT molecular complexity index is 742. The molecule has 1 aromatic heterocycles. The van der Waals surface area contributed by atoms with Gasteiger partial charge in [0.15, 0.2) is 0 Å². The van der Waals surface area contributed by atoms with Crippen LogP contribution in [0.25, 0.3) is 0 Å². The van der Waals surface area contributed by atoms with E-state index in [-0.39, 0.29) is 5.91 Å². The van der Waals surface area contributed by atoms with Gasteiger partial charge in [-0.2, -0.15) is 0 Å². The lowest BCUT2D eigenvalue weighted by molar-refractivity contribution is 0.102. The zero-order valence-corrected chi connectivity index (χ0v) is 15.2. The molecule has 1 amide bonds. The molecule has 25 heavy (non-hydrogen) atoms. The average molecular weight is 338 g/mol. The molecule has 0 radical (unpaired) electrons. The summed E-state index contributed by atoms with van der Waals surface area (Å²) in [5.41, 5.74) is 3.46. The van der Waals surface area contributed by atoms with E-state index in [0.717, 1.165) is 35.7 Å². The van der Waals surface area contributed by atoms with Crippen molar-refractivity contribution >= 4 is 17.5 Å². The Morgan fingerprint density at radius 1 is 1.24 bits per heavy atom. The van der Waals surface area contributed by atoms with Crippen LogP contribution in [0.15, 0.2) is 30.6 Å². The van der Waals surface area contributed by atoms with Crippen LogP contribution in [0.1, 0.15) is 54.1 Å². The van der Waals surface area contributed by atoms with Crippen LogP contribution in [0.3, 0.4) is 0 Å². The number of benzene rings is 1. The summed E-state index contributed by atoms with van der Waals surface area (Å²) in [5.74, 6) is 0.556. The van der Waals surface area contributed by atoms with Crippen LogP contribution < -0.4 is 10.2 Å². The van der Waals surface area contributed by atoms with Crippen LogP contribution >= 0.6 is 0 Å². The molecule has 0 saturated carbocycles. The predicted molar refractivity (Wildman–Crippen MR) is 101 cm³/mol. The highest BCUT2D eigenvalue weighted by atomic mass is 16.1. The van der Waals surface area contributed by atoms with E-state index in [1.54, 1.807) is 12.4 Å². The molecule has 0 aliphatic carbocycles. The Hall–Kier alpha value is -2.43. The Balaban J connectivity index is 1.73. The maximum Gasteiger partial charge on any atom is 0.258 e. The number of nitrogens with one attached hydrogen (secondary N) is 1. The van der Waals surface area contributed by atoms with Crippen LogP contribution in [0.2, 0.25) is 0 Å². The summed E-state index contributed by atoms with van der Waals surface area (Å²) < 4.78 is 0. The van der Waals surface area contributed by atoms with E-state index < -0.39 is 0 Å². The van der Waals surface area contributed by atoms with Gasteiger partial charge in [0.25, 0.3) is 5.91 Å². The van der Waals surface area contributed by atoms with Crippen LogP contribution in [0.4, 0.5) is 11.6 Å².